The number of nitrogens with two attached hydrogens (primary N) is 1. The van der Waals surface area contributed by atoms with Crippen LogP contribution >= 0.6 is 15.9 Å². The molecule has 0 saturated carbocycles. The number of nitrogens with zero attached hydrogens (tertiary/aromatic N) is 1. The lowest BCUT2D eigenvalue weighted by Gasteiger charge is -2.14. The Kier molecular flexibility index (Phi) is 2.62. The maximum absolute atomic E-state index is 5.89. The van der Waals surface area contributed by atoms with Crippen LogP contribution in [0.3, 0.4) is 0 Å². The van der Waals surface area contributed by atoms with Gasteiger partial charge in [0, 0.05) is 35.1 Å². The predicted octanol–water partition coefficient (Wildman–Crippen LogP) is 1.63. The van der Waals surface area contributed by atoms with Crippen molar-refractivity contribution in [2.75, 3.05) is 6.61 Å². The van der Waals surface area contributed by atoms with E-state index in [-0.39, 0.29) is 12.1 Å². The normalized spacial score (nSPS) is 27.8. The minimum Gasteiger partial charge on any atom is -0.372 e. The van der Waals surface area contributed by atoms with Crippen LogP contribution in [0.1, 0.15) is 18.1 Å². The highest BCUT2D eigenvalue weighted by Crippen LogP contribution is 2.28. The first-order valence-corrected chi connectivity index (χ1v) is 5.04. The van der Waals surface area contributed by atoms with Gasteiger partial charge in [0.15, 0.2) is 0 Å². The van der Waals surface area contributed by atoms with Gasteiger partial charge in [-0.05, 0) is 28.4 Å². The highest BCUT2D eigenvalue weighted by molar-refractivity contribution is 9.10. The highest BCUT2D eigenvalue weighted by Gasteiger charge is 2.26. The standard InChI is InChI=1S/C9H11BrN2O/c10-7-3-6(4-12-5-7)9-8(11)1-2-13-9/h3-5,8-9H,1-2,11H2/t8-,9+/m1/s1. The summed E-state index contributed by atoms with van der Waals surface area (Å²) in [4.78, 5) is 4.08. The number of rotatable bonds is 1. The minimum atomic E-state index is 0.0185. The van der Waals surface area contributed by atoms with Crippen LogP contribution in [0.25, 0.3) is 0 Å². The molecular weight excluding hydrogens is 232 g/mol. The molecule has 0 amide bonds. The molecule has 1 saturated heterocycles. The fourth-order valence-corrected chi connectivity index (χ4v) is 1.92. The van der Waals surface area contributed by atoms with Crippen molar-refractivity contribution in [2.45, 2.75) is 18.6 Å². The molecular formula is C9H11BrN2O. The average molecular weight is 243 g/mol. The largest absolute Gasteiger partial charge is 0.372 e. The molecule has 4 heteroatoms. The molecule has 1 aromatic rings. The zero-order valence-electron chi connectivity index (χ0n) is 7.11. The molecule has 0 aromatic carbocycles. The molecule has 2 N–H and O–H groups in total. The molecule has 0 aliphatic carbocycles. The van der Waals surface area contributed by atoms with E-state index < -0.39 is 0 Å². The summed E-state index contributed by atoms with van der Waals surface area (Å²) in [6.45, 7) is 0.748. The Morgan fingerprint density at radius 2 is 2.38 bits per heavy atom. The van der Waals surface area contributed by atoms with Gasteiger partial charge in [-0.2, -0.15) is 0 Å². The van der Waals surface area contributed by atoms with Gasteiger partial charge in [-0.25, -0.2) is 0 Å². The predicted molar refractivity (Wildman–Crippen MR) is 53.2 cm³/mol. The van der Waals surface area contributed by atoms with Crippen LogP contribution in [0, 0.1) is 0 Å². The number of hydrogen-bond donors (Lipinski definition) is 1. The second kappa shape index (κ2) is 3.74. The fraction of sp³-hybridized carbons (Fsp3) is 0.444. The van der Waals surface area contributed by atoms with E-state index in [0.29, 0.717) is 0 Å². The number of ether oxygens (including phenoxy) is 1. The van der Waals surface area contributed by atoms with Crippen LogP contribution in [-0.2, 0) is 4.74 Å². The van der Waals surface area contributed by atoms with Gasteiger partial charge >= 0.3 is 0 Å². The molecule has 1 aliphatic heterocycles. The second-order valence-corrected chi connectivity index (χ2v) is 4.10. The van der Waals surface area contributed by atoms with E-state index in [1.807, 2.05) is 6.07 Å². The van der Waals surface area contributed by atoms with Crippen molar-refractivity contribution in [1.29, 1.82) is 0 Å². The van der Waals surface area contributed by atoms with Crippen molar-refractivity contribution in [2.24, 2.45) is 5.73 Å². The summed E-state index contributed by atoms with van der Waals surface area (Å²) >= 11 is 3.37. The Hall–Kier alpha value is -0.450. The van der Waals surface area contributed by atoms with Gasteiger partial charge in [0.2, 0.25) is 0 Å². The molecule has 0 unspecified atom stereocenters. The first-order valence-electron chi connectivity index (χ1n) is 4.25. The maximum Gasteiger partial charge on any atom is 0.0991 e. The zero-order valence-corrected chi connectivity index (χ0v) is 8.70. The summed E-state index contributed by atoms with van der Waals surface area (Å²) in [5.41, 5.74) is 6.95. The summed E-state index contributed by atoms with van der Waals surface area (Å²) in [5, 5.41) is 0. The van der Waals surface area contributed by atoms with Gasteiger partial charge < -0.3 is 10.5 Å². The van der Waals surface area contributed by atoms with Gasteiger partial charge in [0.25, 0.3) is 0 Å². The van der Waals surface area contributed by atoms with E-state index in [0.717, 1.165) is 23.1 Å². The summed E-state index contributed by atoms with van der Waals surface area (Å²) in [5.74, 6) is 0. The monoisotopic (exact) mass is 242 g/mol. The Labute approximate surface area is 85.4 Å². The SMILES string of the molecule is N[C@@H]1CCO[C@H]1c1cncc(Br)c1. The molecule has 70 valence electrons. The molecule has 0 bridgehead atoms. The van der Waals surface area contributed by atoms with E-state index in [1.54, 1.807) is 12.4 Å². The van der Waals surface area contributed by atoms with Crippen molar-refractivity contribution < 1.29 is 4.74 Å². The van der Waals surface area contributed by atoms with E-state index in [4.69, 9.17) is 10.5 Å². The van der Waals surface area contributed by atoms with Gasteiger partial charge in [-0.15, -0.1) is 0 Å². The third-order valence-electron chi connectivity index (χ3n) is 2.19. The molecule has 2 rings (SSSR count). The Bertz CT molecular complexity index is 305. The summed E-state index contributed by atoms with van der Waals surface area (Å²) < 4.78 is 6.49. The molecule has 0 spiro atoms. The molecule has 0 radical (unpaired) electrons. The highest BCUT2D eigenvalue weighted by atomic mass is 79.9. The third kappa shape index (κ3) is 1.90. The lowest BCUT2D eigenvalue weighted by molar-refractivity contribution is 0.105. The summed E-state index contributed by atoms with van der Waals surface area (Å²) in [7, 11) is 0. The van der Waals surface area contributed by atoms with Crippen molar-refractivity contribution in [3.05, 3.63) is 28.5 Å². The van der Waals surface area contributed by atoms with Crippen molar-refractivity contribution >= 4 is 15.9 Å². The molecule has 1 aliphatic rings. The van der Waals surface area contributed by atoms with Crippen LogP contribution in [0.15, 0.2) is 22.9 Å². The molecule has 1 aromatic heterocycles. The quantitative estimate of drug-likeness (QED) is 0.815. The van der Waals surface area contributed by atoms with Gasteiger partial charge in [0.05, 0.1) is 6.10 Å². The van der Waals surface area contributed by atoms with E-state index in [9.17, 15) is 0 Å². The Balaban J connectivity index is 2.24. The lowest BCUT2D eigenvalue weighted by atomic mass is 10.1. The summed E-state index contributed by atoms with van der Waals surface area (Å²) in [6.07, 6.45) is 4.51. The molecule has 3 nitrogen and oxygen atoms in total. The zero-order chi connectivity index (χ0) is 9.26. The maximum atomic E-state index is 5.89. The summed E-state index contributed by atoms with van der Waals surface area (Å²) in [6, 6.07) is 2.11. The first-order chi connectivity index (χ1) is 6.27. The number of pyridine rings is 1. The Morgan fingerprint density at radius 1 is 1.54 bits per heavy atom. The van der Waals surface area contributed by atoms with Crippen LogP contribution in [0.4, 0.5) is 0 Å². The van der Waals surface area contributed by atoms with Gasteiger partial charge in [-0.1, -0.05) is 0 Å². The van der Waals surface area contributed by atoms with Crippen LogP contribution in [0.5, 0.6) is 0 Å². The van der Waals surface area contributed by atoms with E-state index in [1.165, 1.54) is 0 Å². The first kappa shape index (κ1) is 9.12. The minimum absolute atomic E-state index is 0.0185. The van der Waals surface area contributed by atoms with Gasteiger partial charge in [0.1, 0.15) is 0 Å². The van der Waals surface area contributed by atoms with Crippen molar-refractivity contribution in [3.63, 3.8) is 0 Å². The second-order valence-electron chi connectivity index (χ2n) is 3.18. The van der Waals surface area contributed by atoms with E-state index in [2.05, 4.69) is 20.9 Å². The molecule has 1 fully saturated rings. The molecule has 13 heavy (non-hydrogen) atoms. The van der Waals surface area contributed by atoms with Crippen LogP contribution in [-0.4, -0.2) is 17.6 Å². The van der Waals surface area contributed by atoms with Crippen LogP contribution in [0.2, 0.25) is 0 Å². The average Bonchev–Trinajstić information content (AvgIpc) is 2.51. The van der Waals surface area contributed by atoms with E-state index >= 15 is 0 Å². The van der Waals surface area contributed by atoms with Crippen molar-refractivity contribution in [3.8, 4) is 0 Å². The van der Waals surface area contributed by atoms with Crippen molar-refractivity contribution in [1.82, 2.24) is 4.98 Å². The smallest absolute Gasteiger partial charge is 0.0991 e. The number of halogens is 1. The lowest BCUT2D eigenvalue weighted by Crippen LogP contribution is -2.23. The number of hydrogen-bond acceptors (Lipinski definition) is 3. The Morgan fingerprint density at radius 3 is 3.00 bits per heavy atom. The third-order valence-corrected chi connectivity index (χ3v) is 2.63. The van der Waals surface area contributed by atoms with Gasteiger partial charge in [-0.3, -0.25) is 4.98 Å². The van der Waals surface area contributed by atoms with Crippen LogP contribution < -0.4 is 5.73 Å². The fourth-order valence-electron chi connectivity index (χ4n) is 1.53. The molecule has 2 atom stereocenters. The number of aromatic nitrogens is 1. The molecule has 2 heterocycles. The topological polar surface area (TPSA) is 48.1 Å².